The fourth-order valence-corrected chi connectivity index (χ4v) is 5.35. The Bertz CT molecular complexity index is 1000. The van der Waals surface area contributed by atoms with Gasteiger partial charge in [0.25, 0.3) is 11.5 Å². The summed E-state index contributed by atoms with van der Waals surface area (Å²) >= 11 is 0. The molecule has 2 aromatic rings. The first-order valence-electron chi connectivity index (χ1n) is 8.70. The zero-order valence-electron chi connectivity index (χ0n) is 14.8. The number of hydrogen-bond acceptors (Lipinski definition) is 5. The van der Waals surface area contributed by atoms with E-state index in [1.807, 2.05) is 30.3 Å². The number of benzene rings is 1. The summed E-state index contributed by atoms with van der Waals surface area (Å²) in [5, 5.41) is 0. The van der Waals surface area contributed by atoms with Gasteiger partial charge in [-0.2, -0.15) is 4.31 Å². The third-order valence-corrected chi connectivity index (χ3v) is 6.60. The predicted molar refractivity (Wildman–Crippen MR) is 98.5 cm³/mol. The maximum atomic E-state index is 12.7. The molecule has 8 nitrogen and oxygen atoms in total. The van der Waals surface area contributed by atoms with Gasteiger partial charge in [-0.3, -0.25) is 9.59 Å². The zero-order chi connectivity index (χ0) is 19.2. The lowest BCUT2D eigenvalue weighted by Crippen LogP contribution is -2.37. The van der Waals surface area contributed by atoms with E-state index >= 15 is 0 Å². The number of aromatic nitrogens is 2. The van der Waals surface area contributed by atoms with Gasteiger partial charge in [0.2, 0.25) is 10.0 Å². The average molecular weight is 388 g/mol. The Morgan fingerprint density at radius 1 is 1.19 bits per heavy atom. The second-order valence-electron chi connectivity index (χ2n) is 7.12. The molecule has 2 aliphatic heterocycles. The molecule has 0 aliphatic carbocycles. The summed E-state index contributed by atoms with van der Waals surface area (Å²) in [6.45, 7) is 1.32. The minimum atomic E-state index is -3.36. The van der Waals surface area contributed by atoms with E-state index in [9.17, 15) is 18.0 Å². The number of carbonyl (C=O) groups is 1. The highest BCUT2D eigenvalue weighted by Gasteiger charge is 2.51. The van der Waals surface area contributed by atoms with Crippen molar-refractivity contribution >= 4 is 15.9 Å². The molecule has 2 saturated heterocycles. The van der Waals surface area contributed by atoms with Gasteiger partial charge in [-0.1, -0.05) is 30.3 Å². The largest absolute Gasteiger partial charge is 0.337 e. The number of amides is 1. The number of rotatable bonds is 3. The van der Waals surface area contributed by atoms with Crippen molar-refractivity contribution in [2.24, 2.45) is 11.8 Å². The van der Waals surface area contributed by atoms with Gasteiger partial charge >= 0.3 is 0 Å². The molecule has 27 heavy (non-hydrogen) atoms. The van der Waals surface area contributed by atoms with Crippen molar-refractivity contribution in [1.82, 2.24) is 19.2 Å². The van der Waals surface area contributed by atoms with E-state index in [4.69, 9.17) is 0 Å². The molecule has 1 amide bonds. The molecule has 4 rings (SSSR count). The van der Waals surface area contributed by atoms with Crippen LogP contribution in [-0.2, 0) is 10.0 Å². The molecule has 1 aromatic heterocycles. The Hall–Kier alpha value is -2.52. The average Bonchev–Trinajstić information content (AvgIpc) is 3.20. The first-order chi connectivity index (χ1) is 12.8. The quantitative estimate of drug-likeness (QED) is 0.823. The summed E-state index contributed by atoms with van der Waals surface area (Å²) in [6, 6.07) is 9.26. The molecule has 2 fully saturated rings. The smallest absolute Gasteiger partial charge is 0.273 e. The second-order valence-corrected chi connectivity index (χ2v) is 9.05. The van der Waals surface area contributed by atoms with E-state index in [0.29, 0.717) is 19.6 Å². The fraction of sp³-hybridized carbons (Fsp3) is 0.389. The Labute approximate surface area is 156 Å². The molecule has 0 unspecified atom stereocenters. The Morgan fingerprint density at radius 2 is 1.93 bits per heavy atom. The molecule has 1 N–H and O–H groups in total. The van der Waals surface area contributed by atoms with Gasteiger partial charge in [0.05, 0.1) is 18.5 Å². The SMILES string of the molecule is CS(=O)(=O)N1C[C@H]2CN(C(=O)c3c[nH]c(=O)cn3)C[C@H]2[C@@H]1c1ccccc1. The molecular formula is C18H20N4O4S. The lowest BCUT2D eigenvalue weighted by Gasteiger charge is -2.28. The lowest BCUT2D eigenvalue weighted by atomic mass is 9.90. The van der Waals surface area contributed by atoms with Crippen molar-refractivity contribution in [2.75, 3.05) is 25.9 Å². The summed E-state index contributed by atoms with van der Waals surface area (Å²) < 4.78 is 26.2. The van der Waals surface area contributed by atoms with Crippen LogP contribution in [-0.4, -0.2) is 59.4 Å². The summed E-state index contributed by atoms with van der Waals surface area (Å²) in [5.74, 6) is -0.163. The molecule has 142 valence electrons. The molecule has 9 heteroatoms. The van der Waals surface area contributed by atoms with Gasteiger partial charge in [0.15, 0.2) is 0 Å². The number of nitrogens with one attached hydrogen (secondary N) is 1. The summed E-state index contributed by atoms with van der Waals surface area (Å²) in [5.41, 5.74) is 0.760. The van der Waals surface area contributed by atoms with Crippen molar-refractivity contribution in [1.29, 1.82) is 0 Å². The van der Waals surface area contributed by atoms with Gasteiger partial charge in [0.1, 0.15) is 5.69 Å². The Balaban J connectivity index is 1.62. The monoisotopic (exact) mass is 388 g/mol. The van der Waals surface area contributed by atoms with Crippen LogP contribution in [0.2, 0.25) is 0 Å². The Morgan fingerprint density at radius 3 is 2.56 bits per heavy atom. The van der Waals surface area contributed by atoms with Crippen LogP contribution < -0.4 is 5.56 Å². The van der Waals surface area contributed by atoms with Gasteiger partial charge in [-0.05, 0) is 11.5 Å². The summed E-state index contributed by atoms with van der Waals surface area (Å²) in [7, 11) is -3.36. The molecule has 0 saturated carbocycles. The zero-order valence-corrected chi connectivity index (χ0v) is 15.6. The number of likely N-dealkylation sites (tertiary alicyclic amines) is 1. The molecule has 0 bridgehead atoms. The Kier molecular flexibility index (Phi) is 4.35. The number of carbonyl (C=O) groups excluding carboxylic acids is 1. The van der Waals surface area contributed by atoms with E-state index in [1.165, 1.54) is 12.5 Å². The molecule has 3 heterocycles. The molecule has 1 aromatic carbocycles. The number of nitrogens with zero attached hydrogens (tertiary/aromatic N) is 3. The maximum absolute atomic E-state index is 12.7. The summed E-state index contributed by atoms with van der Waals surface area (Å²) in [4.78, 5) is 31.9. The predicted octanol–water partition coefficient (Wildman–Crippen LogP) is 0.475. The van der Waals surface area contributed by atoms with Crippen LogP contribution in [0.3, 0.4) is 0 Å². The van der Waals surface area contributed by atoms with Crippen molar-refractivity contribution in [3.63, 3.8) is 0 Å². The fourth-order valence-electron chi connectivity index (χ4n) is 4.20. The van der Waals surface area contributed by atoms with Crippen molar-refractivity contribution in [3.8, 4) is 0 Å². The van der Waals surface area contributed by atoms with E-state index < -0.39 is 10.0 Å². The van der Waals surface area contributed by atoms with E-state index in [0.717, 1.165) is 11.8 Å². The highest BCUT2D eigenvalue weighted by molar-refractivity contribution is 7.88. The summed E-state index contributed by atoms with van der Waals surface area (Å²) in [6.07, 6.45) is 3.63. The van der Waals surface area contributed by atoms with Gasteiger partial charge in [0, 0.05) is 31.7 Å². The maximum Gasteiger partial charge on any atom is 0.273 e. The number of aromatic amines is 1. The molecule has 3 atom stereocenters. The van der Waals surface area contributed by atoms with Crippen LogP contribution >= 0.6 is 0 Å². The molecular weight excluding hydrogens is 368 g/mol. The van der Waals surface area contributed by atoms with E-state index in [1.54, 1.807) is 9.21 Å². The highest BCUT2D eigenvalue weighted by atomic mass is 32.2. The standard InChI is InChI=1S/C18H20N4O4S/c1-27(25,26)22-10-13-9-21(18(24)15-7-20-16(23)8-19-15)11-14(13)17(22)12-5-3-2-4-6-12/h2-8,13-14,17H,9-11H2,1H3,(H,20,23)/t13-,14-,17+/m1/s1. The molecule has 2 aliphatic rings. The molecule has 0 radical (unpaired) electrons. The van der Waals surface area contributed by atoms with Gasteiger partial charge in [-0.15, -0.1) is 0 Å². The topological polar surface area (TPSA) is 103 Å². The van der Waals surface area contributed by atoms with E-state index in [-0.39, 0.29) is 35.0 Å². The lowest BCUT2D eigenvalue weighted by molar-refractivity contribution is 0.0767. The van der Waals surface area contributed by atoms with Gasteiger partial charge in [-0.25, -0.2) is 13.4 Å². The van der Waals surface area contributed by atoms with Crippen LogP contribution in [0.5, 0.6) is 0 Å². The third kappa shape index (κ3) is 3.28. The van der Waals surface area contributed by atoms with Crippen molar-refractivity contribution < 1.29 is 13.2 Å². The molecule has 0 spiro atoms. The minimum absolute atomic E-state index is 0.0221. The van der Waals surface area contributed by atoms with Gasteiger partial charge < -0.3 is 9.88 Å². The van der Waals surface area contributed by atoms with Crippen LogP contribution in [0.4, 0.5) is 0 Å². The second kappa shape index (κ2) is 6.58. The third-order valence-electron chi connectivity index (χ3n) is 5.37. The highest BCUT2D eigenvalue weighted by Crippen LogP contribution is 2.46. The number of sulfonamides is 1. The normalized spacial score (nSPS) is 25.5. The van der Waals surface area contributed by atoms with Crippen molar-refractivity contribution in [3.05, 3.63) is 64.3 Å². The first kappa shape index (κ1) is 17.9. The van der Waals surface area contributed by atoms with Crippen LogP contribution in [0.25, 0.3) is 0 Å². The number of H-pyrrole nitrogens is 1. The minimum Gasteiger partial charge on any atom is -0.337 e. The van der Waals surface area contributed by atoms with Crippen LogP contribution in [0.15, 0.2) is 47.5 Å². The van der Waals surface area contributed by atoms with E-state index in [2.05, 4.69) is 9.97 Å². The van der Waals surface area contributed by atoms with Crippen LogP contribution in [0, 0.1) is 11.8 Å². The van der Waals surface area contributed by atoms with Crippen LogP contribution in [0.1, 0.15) is 22.1 Å². The van der Waals surface area contributed by atoms with Crippen molar-refractivity contribution in [2.45, 2.75) is 6.04 Å². The number of hydrogen-bond donors (Lipinski definition) is 1. The first-order valence-corrected chi connectivity index (χ1v) is 10.5. The number of fused-ring (bicyclic) bond motifs is 1.